The summed E-state index contributed by atoms with van der Waals surface area (Å²) >= 11 is 0. The normalized spacial score (nSPS) is 10.7. The van der Waals surface area contributed by atoms with Crippen molar-refractivity contribution in [2.24, 2.45) is 0 Å². The van der Waals surface area contributed by atoms with Crippen molar-refractivity contribution in [2.75, 3.05) is 0 Å². The molecule has 2 rings (SSSR count). The molecular formula is C19H22O3. The van der Waals surface area contributed by atoms with Crippen LogP contribution in [0.4, 0.5) is 0 Å². The van der Waals surface area contributed by atoms with E-state index in [1.807, 2.05) is 30.3 Å². The third kappa shape index (κ3) is 4.35. The fourth-order valence-electron chi connectivity index (χ4n) is 2.48. The monoisotopic (exact) mass is 298 g/mol. The summed E-state index contributed by atoms with van der Waals surface area (Å²) in [5.41, 5.74) is 4.41. The Labute approximate surface area is 131 Å². The summed E-state index contributed by atoms with van der Waals surface area (Å²) in [5.74, 6) is 0.553. The lowest BCUT2D eigenvalue weighted by Crippen LogP contribution is -2.01. The number of carboxylic acids is 1. The maximum atomic E-state index is 10.6. The fraction of sp³-hybridized carbons (Fsp3) is 0.316. The molecule has 0 aliphatic carbocycles. The summed E-state index contributed by atoms with van der Waals surface area (Å²) in [7, 11) is 0. The molecule has 0 aliphatic rings. The number of ether oxygens (including phenoxy) is 1. The van der Waals surface area contributed by atoms with Crippen molar-refractivity contribution in [1.82, 2.24) is 0 Å². The van der Waals surface area contributed by atoms with Crippen molar-refractivity contribution < 1.29 is 14.6 Å². The lowest BCUT2D eigenvalue weighted by Gasteiger charge is -2.12. The second-order valence-electron chi connectivity index (χ2n) is 5.85. The molecule has 1 N–H and O–H groups in total. The predicted octanol–water partition coefficient (Wildman–Crippen LogP) is 4.32. The van der Waals surface area contributed by atoms with Crippen LogP contribution < -0.4 is 4.74 Å². The summed E-state index contributed by atoms with van der Waals surface area (Å²) in [4.78, 5) is 10.6. The molecule has 3 nitrogen and oxygen atoms in total. The summed E-state index contributed by atoms with van der Waals surface area (Å²) in [6.07, 6.45) is 0.0526. The lowest BCUT2D eigenvalue weighted by molar-refractivity contribution is -0.136. The molecule has 0 bridgehead atoms. The van der Waals surface area contributed by atoms with E-state index in [9.17, 15) is 4.79 Å². The van der Waals surface area contributed by atoms with E-state index in [0.29, 0.717) is 12.5 Å². The van der Waals surface area contributed by atoms with E-state index in [4.69, 9.17) is 9.84 Å². The first-order valence-corrected chi connectivity index (χ1v) is 7.48. The van der Waals surface area contributed by atoms with Gasteiger partial charge in [0, 0.05) is 0 Å². The Bertz CT molecular complexity index is 642. The van der Waals surface area contributed by atoms with E-state index in [2.05, 4.69) is 32.9 Å². The van der Waals surface area contributed by atoms with Gasteiger partial charge in [-0.25, -0.2) is 0 Å². The second kappa shape index (κ2) is 7.12. The van der Waals surface area contributed by atoms with Gasteiger partial charge in [-0.15, -0.1) is 0 Å². The molecule has 0 fully saturated rings. The van der Waals surface area contributed by atoms with Crippen LogP contribution in [0.25, 0.3) is 0 Å². The highest BCUT2D eigenvalue weighted by Gasteiger charge is 2.05. The molecule has 0 unspecified atom stereocenters. The number of hydrogen-bond acceptors (Lipinski definition) is 2. The number of carboxylic acid groups (broad SMARTS) is 1. The van der Waals surface area contributed by atoms with Crippen LogP contribution in [0.1, 0.15) is 42.0 Å². The smallest absolute Gasteiger partial charge is 0.307 e. The zero-order chi connectivity index (χ0) is 16.1. The van der Waals surface area contributed by atoms with Gasteiger partial charge in [0.1, 0.15) is 12.4 Å². The molecule has 2 aromatic rings. The minimum absolute atomic E-state index is 0.0526. The van der Waals surface area contributed by atoms with Crippen LogP contribution in [0.5, 0.6) is 5.75 Å². The van der Waals surface area contributed by atoms with E-state index in [-0.39, 0.29) is 6.42 Å². The van der Waals surface area contributed by atoms with Crippen LogP contribution in [0.15, 0.2) is 42.5 Å². The van der Waals surface area contributed by atoms with Gasteiger partial charge in [-0.2, -0.15) is 0 Å². The lowest BCUT2D eigenvalue weighted by atomic mass is 9.98. The van der Waals surface area contributed by atoms with Gasteiger partial charge in [0.25, 0.3) is 0 Å². The molecule has 116 valence electrons. The SMILES string of the molecule is Cc1cc(OCc2ccc(CC(=O)O)cc2)ccc1C(C)C. The van der Waals surface area contributed by atoms with Gasteiger partial charge in [-0.05, 0) is 47.2 Å². The fourth-order valence-corrected chi connectivity index (χ4v) is 2.48. The van der Waals surface area contributed by atoms with Crippen LogP contribution in [-0.4, -0.2) is 11.1 Å². The third-order valence-electron chi connectivity index (χ3n) is 3.65. The molecule has 0 amide bonds. The molecule has 0 aromatic heterocycles. The van der Waals surface area contributed by atoms with Crippen LogP contribution >= 0.6 is 0 Å². The summed E-state index contributed by atoms with van der Waals surface area (Å²) < 4.78 is 5.81. The maximum absolute atomic E-state index is 10.6. The highest BCUT2D eigenvalue weighted by molar-refractivity contribution is 5.70. The molecule has 0 saturated heterocycles. The summed E-state index contributed by atoms with van der Waals surface area (Å²) in [6, 6.07) is 13.7. The van der Waals surface area contributed by atoms with Crippen molar-refractivity contribution in [2.45, 2.75) is 39.7 Å². The summed E-state index contributed by atoms with van der Waals surface area (Å²) in [5, 5.41) is 8.75. The molecule has 2 aromatic carbocycles. The average Bonchev–Trinajstić information content (AvgIpc) is 2.45. The molecule has 0 atom stereocenters. The maximum Gasteiger partial charge on any atom is 0.307 e. The standard InChI is InChI=1S/C19H22O3/c1-13(2)18-9-8-17(10-14(18)3)22-12-16-6-4-15(5-7-16)11-19(20)21/h4-10,13H,11-12H2,1-3H3,(H,20,21). The first-order valence-electron chi connectivity index (χ1n) is 7.48. The Kier molecular flexibility index (Phi) is 5.21. The number of carbonyl (C=O) groups is 1. The number of aryl methyl sites for hydroxylation is 1. The van der Waals surface area contributed by atoms with Gasteiger partial charge in [0.2, 0.25) is 0 Å². The molecular weight excluding hydrogens is 276 g/mol. The third-order valence-corrected chi connectivity index (χ3v) is 3.65. The van der Waals surface area contributed by atoms with Gasteiger partial charge >= 0.3 is 5.97 Å². The molecule has 0 spiro atoms. The highest BCUT2D eigenvalue weighted by atomic mass is 16.5. The van der Waals surface area contributed by atoms with Crippen LogP contribution in [0.3, 0.4) is 0 Å². The predicted molar refractivity (Wildman–Crippen MR) is 87.4 cm³/mol. The Balaban J connectivity index is 1.98. The molecule has 22 heavy (non-hydrogen) atoms. The van der Waals surface area contributed by atoms with Crippen LogP contribution in [0.2, 0.25) is 0 Å². The van der Waals surface area contributed by atoms with Crippen molar-refractivity contribution in [1.29, 1.82) is 0 Å². The topological polar surface area (TPSA) is 46.5 Å². The quantitative estimate of drug-likeness (QED) is 0.863. The van der Waals surface area contributed by atoms with E-state index < -0.39 is 5.97 Å². The van der Waals surface area contributed by atoms with Crippen molar-refractivity contribution in [3.05, 3.63) is 64.7 Å². The van der Waals surface area contributed by atoms with Gasteiger partial charge in [0.15, 0.2) is 0 Å². The van der Waals surface area contributed by atoms with Gasteiger partial charge in [-0.1, -0.05) is 44.2 Å². The number of aliphatic carboxylic acids is 1. The Morgan fingerprint density at radius 3 is 2.27 bits per heavy atom. The van der Waals surface area contributed by atoms with Crippen molar-refractivity contribution in [3.63, 3.8) is 0 Å². The Morgan fingerprint density at radius 1 is 1.09 bits per heavy atom. The first kappa shape index (κ1) is 16.1. The van der Waals surface area contributed by atoms with E-state index in [1.165, 1.54) is 11.1 Å². The van der Waals surface area contributed by atoms with Crippen LogP contribution in [0, 0.1) is 6.92 Å². The van der Waals surface area contributed by atoms with Crippen molar-refractivity contribution in [3.8, 4) is 5.75 Å². The Morgan fingerprint density at radius 2 is 1.73 bits per heavy atom. The molecule has 3 heteroatoms. The molecule has 0 aliphatic heterocycles. The minimum Gasteiger partial charge on any atom is -0.489 e. The van der Waals surface area contributed by atoms with Crippen LogP contribution in [-0.2, 0) is 17.8 Å². The largest absolute Gasteiger partial charge is 0.489 e. The van der Waals surface area contributed by atoms with Gasteiger partial charge in [0.05, 0.1) is 6.42 Å². The number of hydrogen-bond donors (Lipinski definition) is 1. The molecule has 0 radical (unpaired) electrons. The van der Waals surface area contributed by atoms with E-state index in [1.54, 1.807) is 0 Å². The molecule has 0 heterocycles. The first-order chi connectivity index (χ1) is 10.5. The summed E-state index contributed by atoms with van der Waals surface area (Å²) in [6.45, 7) is 6.94. The van der Waals surface area contributed by atoms with E-state index >= 15 is 0 Å². The van der Waals surface area contributed by atoms with Crippen molar-refractivity contribution >= 4 is 5.97 Å². The van der Waals surface area contributed by atoms with E-state index in [0.717, 1.165) is 16.9 Å². The minimum atomic E-state index is -0.815. The number of rotatable bonds is 6. The average molecular weight is 298 g/mol. The zero-order valence-electron chi connectivity index (χ0n) is 13.3. The Hall–Kier alpha value is -2.29. The molecule has 0 saturated carbocycles. The zero-order valence-corrected chi connectivity index (χ0v) is 13.3. The van der Waals surface area contributed by atoms with Gasteiger partial charge < -0.3 is 9.84 Å². The highest BCUT2D eigenvalue weighted by Crippen LogP contribution is 2.24. The number of benzene rings is 2. The second-order valence-corrected chi connectivity index (χ2v) is 5.85. The van der Waals surface area contributed by atoms with Gasteiger partial charge in [-0.3, -0.25) is 4.79 Å².